The van der Waals surface area contributed by atoms with Gasteiger partial charge in [-0.2, -0.15) is 13.2 Å². The number of hydrogen-bond donors (Lipinski definition) is 0. The van der Waals surface area contributed by atoms with Crippen LogP contribution in [0, 0.1) is 5.92 Å². The topological polar surface area (TPSA) is 17.1 Å². The van der Waals surface area contributed by atoms with E-state index in [2.05, 4.69) is 0 Å². The summed E-state index contributed by atoms with van der Waals surface area (Å²) >= 11 is 0. The van der Waals surface area contributed by atoms with Crippen molar-refractivity contribution in [3.63, 3.8) is 0 Å². The first-order chi connectivity index (χ1) is 8.90. The van der Waals surface area contributed by atoms with Gasteiger partial charge in [-0.1, -0.05) is 38.8 Å². The third-order valence-electron chi connectivity index (χ3n) is 3.24. The number of benzene rings is 1. The quantitative estimate of drug-likeness (QED) is 0.658. The van der Waals surface area contributed by atoms with Crippen molar-refractivity contribution in [2.75, 3.05) is 0 Å². The van der Waals surface area contributed by atoms with Crippen molar-refractivity contribution < 1.29 is 18.0 Å². The van der Waals surface area contributed by atoms with Gasteiger partial charge in [0.15, 0.2) is 5.78 Å². The molecule has 0 heterocycles. The van der Waals surface area contributed by atoms with Crippen molar-refractivity contribution in [1.82, 2.24) is 0 Å². The maximum Gasteiger partial charge on any atom is 0.416 e. The highest BCUT2D eigenvalue weighted by molar-refractivity contribution is 5.98. The Bertz CT molecular complexity index is 424. The van der Waals surface area contributed by atoms with Crippen LogP contribution in [-0.4, -0.2) is 5.78 Å². The fourth-order valence-corrected chi connectivity index (χ4v) is 2.06. The van der Waals surface area contributed by atoms with E-state index in [4.69, 9.17) is 0 Å². The van der Waals surface area contributed by atoms with Crippen molar-refractivity contribution >= 4 is 5.78 Å². The van der Waals surface area contributed by atoms with E-state index in [0.29, 0.717) is 6.42 Å². The highest BCUT2D eigenvalue weighted by Gasteiger charge is 2.31. The first-order valence-corrected chi connectivity index (χ1v) is 6.61. The lowest BCUT2D eigenvalue weighted by molar-refractivity contribution is -0.137. The molecule has 1 rings (SSSR count). The number of alkyl halides is 3. The van der Waals surface area contributed by atoms with Gasteiger partial charge < -0.3 is 0 Å². The lowest BCUT2D eigenvalue weighted by Crippen LogP contribution is -2.15. The molecule has 0 aromatic heterocycles. The van der Waals surface area contributed by atoms with Crippen LogP contribution in [0.5, 0.6) is 0 Å². The predicted molar refractivity (Wildman–Crippen MR) is 69.1 cm³/mol. The second-order valence-electron chi connectivity index (χ2n) is 4.69. The fraction of sp³-hybridized carbons (Fsp3) is 0.533. The highest BCUT2D eigenvalue weighted by atomic mass is 19.4. The van der Waals surface area contributed by atoms with E-state index in [0.717, 1.165) is 31.4 Å². The number of hydrogen-bond acceptors (Lipinski definition) is 1. The van der Waals surface area contributed by atoms with Crippen LogP contribution in [0.2, 0.25) is 0 Å². The van der Waals surface area contributed by atoms with Gasteiger partial charge in [-0.15, -0.1) is 0 Å². The molecule has 0 amide bonds. The Morgan fingerprint density at radius 2 is 1.95 bits per heavy atom. The minimum atomic E-state index is -4.40. The van der Waals surface area contributed by atoms with Crippen LogP contribution >= 0.6 is 0 Å². The van der Waals surface area contributed by atoms with Crippen molar-refractivity contribution in [2.24, 2.45) is 5.92 Å². The van der Waals surface area contributed by atoms with E-state index < -0.39 is 11.7 Å². The predicted octanol–water partition coefficient (Wildman–Crippen LogP) is 5.10. The maximum atomic E-state index is 12.6. The van der Waals surface area contributed by atoms with Crippen molar-refractivity contribution in [2.45, 2.75) is 45.7 Å². The van der Waals surface area contributed by atoms with Gasteiger partial charge in [0.25, 0.3) is 0 Å². The first kappa shape index (κ1) is 15.7. The molecule has 0 spiro atoms. The normalized spacial score (nSPS) is 13.3. The van der Waals surface area contributed by atoms with Gasteiger partial charge in [0.2, 0.25) is 0 Å². The number of carbonyl (C=O) groups is 1. The standard InChI is InChI=1S/C15H19F3O/c1-3-5-7-11(4-2)14(19)12-8-6-9-13(10-12)15(16,17)18/h6,8-11H,3-5,7H2,1-2H3. The Balaban J connectivity index is 2.92. The zero-order valence-electron chi connectivity index (χ0n) is 11.3. The second kappa shape index (κ2) is 6.73. The molecular weight excluding hydrogens is 253 g/mol. The molecule has 1 aromatic rings. The molecule has 0 N–H and O–H groups in total. The summed E-state index contributed by atoms with van der Waals surface area (Å²) < 4.78 is 37.8. The summed E-state index contributed by atoms with van der Waals surface area (Å²) in [6, 6.07) is 4.70. The zero-order chi connectivity index (χ0) is 14.5. The molecule has 0 aliphatic heterocycles. The van der Waals surface area contributed by atoms with E-state index in [1.54, 1.807) is 0 Å². The molecule has 1 unspecified atom stereocenters. The molecule has 0 aliphatic rings. The highest BCUT2D eigenvalue weighted by Crippen LogP contribution is 2.30. The number of halogens is 3. The lowest BCUT2D eigenvalue weighted by atomic mass is 9.90. The van der Waals surface area contributed by atoms with Crippen LogP contribution in [0.25, 0.3) is 0 Å². The van der Waals surface area contributed by atoms with E-state index in [9.17, 15) is 18.0 Å². The Kier molecular flexibility index (Phi) is 5.58. The average Bonchev–Trinajstić information content (AvgIpc) is 2.38. The molecule has 0 saturated carbocycles. The van der Waals surface area contributed by atoms with Gasteiger partial charge in [-0.25, -0.2) is 0 Å². The summed E-state index contributed by atoms with van der Waals surface area (Å²) in [6.45, 7) is 3.92. The molecule has 1 nitrogen and oxygen atoms in total. The fourth-order valence-electron chi connectivity index (χ4n) is 2.06. The van der Waals surface area contributed by atoms with Gasteiger partial charge in [0, 0.05) is 11.5 Å². The van der Waals surface area contributed by atoms with Crippen molar-refractivity contribution in [3.8, 4) is 0 Å². The smallest absolute Gasteiger partial charge is 0.294 e. The van der Waals surface area contributed by atoms with Gasteiger partial charge in [-0.05, 0) is 25.0 Å². The van der Waals surface area contributed by atoms with Crippen LogP contribution < -0.4 is 0 Å². The molecule has 19 heavy (non-hydrogen) atoms. The minimum Gasteiger partial charge on any atom is -0.294 e. The van der Waals surface area contributed by atoms with Gasteiger partial charge >= 0.3 is 6.18 Å². The van der Waals surface area contributed by atoms with Crippen LogP contribution in [-0.2, 0) is 6.18 Å². The molecule has 1 aromatic carbocycles. The summed E-state index contributed by atoms with van der Waals surface area (Å²) in [6.07, 6.45) is -1.10. The van der Waals surface area contributed by atoms with E-state index >= 15 is 0 Å². The molecule has 106 valence electrons. The first-order valence-electron chi connectivity index (χ1n) is 6.61. The van der Waals surface area contributed by atoms with E-state index in [-0.39, 0.29) is 17.3 Å². The number of unbranched alkanes of at least 4 members (excludes halogenated alkanes) is 1. The van der Waals surface area contributed by atoms with Gasteiger partial charge in [0.05, 0.1) is 5.56 Å². The van der Waals surface area contributed by atoms with Crippen molar-refractivity contribution in [1.29, 1.82) is 0 Å². The molecule has 0 bridgehead atoms. The minimum absolute atomic E-state index is 0.165. The summed E-state index contributed by atoms with van der Waals surface area (Å²) in [4.78, 5) is 12.2. The molecule has 0 fully saturated rings. The zero-order valence-corrected chi connectivity index (χ0v) is 11.3. The third kappa shape index (κ3) is 4.37. The number of Topliss-reactive ketones (excluding diaryl/α,β-unsaturated/α-hetero) is 1. The summed E-state index contributed by atoms with van der Waals surface area (Å²) in [5, 5.41) is 0. The molecular formula is C15H19F3O. The summed E-state index contributed by atoms with van der Waals surface area (Å²) in [5.41, 5.74) is -0.596. The summed E-state index contributed by atoms with van der Waals surface area (Å²) in [5.74, 6) is -0.356. The van der Waals surface area contributed by atoms with Gasteiger partial charge in [0.1, 0.15) is 0 Å². The Labute approximate surface area is 111 Å². The summed E-state index contributed by atoms with van der Waals surface area (Å²) in [7, 11) is 0. The largest absolute Gasteiger partial charge is 0.416 e. The monoisotopic (exact) mass is 272 g/mol. The number of rotatable bonds is 6. The molecule has 1 atom stereocenters. The van der Waals surface area contributed by atoms with Crippen LogP contribution in [0.4, 0.5) is 13.2 Å². The third-order valence-corrected chi connectivity index (χ3v) is 3.24. The molecule has 0 radical (unpaired) electrons. The Hall–Kier alpha value is -1.32. The second-order valence-corrected chi connectivity index (χ2v) is 4.69. The van der Waals surface area contributed by atoms with Crippen molar-refractivity contribution in [3.05, 3.63) is 35.4 Å². The number of carbonyl (C=O) groups excluding carboxylic acids is 1. The SMILES string of the molecule is CCCCC(CC)C(=O)c1cccc(C(F)(F)F)c1. The molecule has 4 heteroatoms. The van der Waals surface area contributed by atoms with E-state index in [1.807, 2.05) is 13.8 Å². The Morgan fingerprint density at radius 1 is 1.26 bits per heavy atom. The molecule has 0 aliphatic carbocycles. The van der Waals surface area contributed by atoms with Crippen LogP contribution in [0.1, 0.15) is 55.5 Å². The molecule has 0 saturated heterocycles. The maximum absolute atomic E-state index is 12.6. The number of ketones is 1. The van der Waals surface area contributed by atoms with Crippen LogP contribution in [0.15, 0.2) is 24.3 Å². The average molecular weight is 272 g/mol. The van der Waals surface area contributed by atoms with Gasteiger partial charge in [-0.3, -0.25) is 4.79 Å². The lowest BCUT2D eigenvalue weighted by Gasteiger charge is -2.14. The Morgan fingerprint density at radius 3 is 2.47 bits per heavy atom. The van der Waals surface area contributed by atoms with Crippen LogP contribution in [0.3, 0.4) is 0 Å². The van der Waals surface area contributed by atoms with E-state index in [1.165, 1.54) is 12.1 Å².